The predicted molar refractivity (Wildman–Crippen MR) is 64.2 cm³/mol. The summed E-state index contributed by atoms with van der Waals surface area (Å²) in [6.07, 6.45) is 1.88. The summed E-state index contributed by atoms with van der Waals surface area (Å²) in [4.78, 5) is 0. The van der Waals surface area contributed by atoms with Gasteiger partial charge in [-0.1, -0.05) is 12.1 Å². The molecule has 0 bridgehead atoms. The number of benzene rings is 1. The second kappa shape index (κ2) is 4.26. The Morgan fingerprint density at radius 1 is 1.38 bits per heavy atom. The molecular weight excluding hydrogens is 202 g/mol. The highest BCUT2D eigenvalue weighted by Gasteiger charge is 2.06. The molecule has 1 heterocycles. The van der Waals surface area contributed by atoms with Crippen LogP contribution in [0.25, 0.3) is 11.1 Å². The average Bonchev–Trinajstić information content (AvgIpc) is 2.64. The van der Waals surface area contributed by atoms with E-state index in [0.29, 0.717) is 5.82 Å². The van der Waals surface area contributed by atoms with E-state index in [9.17, 15) is 0 Å². The van der Waals surface area contributed by atoms with Crippen LogP contribution in [0, 0.1) is 0 Å². The normalized spacial score (nSPS) is 10.7. The molecule has 0 spiro atoms. The van der Waals surface area contributed by atoms with E-state index >= 15 is 0 Å². The fourth-order valence-corrected chi connectivity index (χ4v) is 1.54. The van der Waals surface area contributed by atoms with Crippen molar-refractivity contribution in [1.82, 2.24) is 10.2 Å². The van der Waals surface area contributed by atoms with Gasteiger partial charge in [0.05, 0.1) is 12.3 Å². The van der Waals surface area contributed by atoms with Gasteiger partial charge in [0.1, 0.15) is 11.6 Å². The first-order valence-electron chi connectivity index (χ1n) is 5.23. The van der Waals surface area contributed by atoms with Crippen molar-refractivity contribution in [3.05, 3.63) is 30.5 Å². The Balaban J connectivity index is 2.33. The van der Waals surface area contributed by atoms with Crippen molar-refractivity contribution in [2.75, 3.05) is 5.73 Å². The van der Waals surface area contributed by atoms with E-state index in [-0.39, 0.29) is 6.10 Å². The zero-order valence-corrected chi connectivity index (χ0v) is 9.40. The second-order valence-corrected chi connectivity index (χ2v) is 3.89. The van der Waals surface area contributed by atoms with Crippen LogP contribution in [-0.2, 0) is 0 Å². The minimum Gasteiger partial charge on any atom is -0.491 e. The number of H-pyrrole nitrogens is 1. The van der Waals surface area contributed by atoms with E-state index < -0.39 is 0 Å². The van der Waals surface area contributed by atoms with Crippen LogP contribution in [0.4, 0.5) is 5.82 Å². The molecule has 1 aromatic carbocycles. The number of nitrogens with one attached hydrogen (secondary N) is 1. The summed E-state index contributed by atoms with van der Waals surface area (Å²) in [5.41, 5.74) is 7.67. The van der Waals surface area contributed by atoms with Crippen LogP contribution in [0.3, 0.4) is 0 Å². The maximum atomic E-state index is 5.77. The first-order valence-corrected chi connectivity index (χ1v) is 5.23. The Morgan fingerprint density at radius 3 is 2.81 bits per heavy atom. The van der Waals surface area contributed by atoms with Crippen LogP contribution >= 0.6 is 0 Å². The Hall–Kier alpha value is -1.97. The van der Waals surface area contributed by atoms with E-state index in [1.54, 1.807) is 6.20 Å². The van der Waals surface area contributed by atoms with Crippen molar-refractivity contribution in [3.8, 4) is 16.9 Å². The minimum absolute atomic E-state index is 0.164. The van der Waals surface area contributed by atoms with Gasteiger partial charge in [-0.25, -0.2) is 0 Å². The van der Waals surface area contributed by atoms with Gasteiger partial charge in [0, 0.05) is 5.56 Å². The third-order valence-corrected chi connectivity index (χ3v) is 2.19. The molecule has 2 aromatic rings. The SMILES string of the molecule is CC(C)Oc1cccc(-c2cn[nH]c2N)c1. The summed E-state index contributed by atoms with van der Waals surface area (Å²) >= 11 is 0. The van der Waals surface area contributed by atoms with Crippen LogP contribution in [0.15, 0.2) is 30.5 Å². The number of aromatic nitrogens is 2. The predicted octanol–water partition coefficient (Wildman–Crippen LogP) is 2.45. The molecule has 0 atom stereocenters. The molecular formula is C12H15N3O. The highest BCUT2D eigenvalue weighted by molar-refractivity contribution is 5.73. The first-order chi connectivity index (χ1) is 7.66. The largest absolute Gasteiger partial charge is 0.491 e. The monoisotopic (exact) mass is 217 g/mol. The summed E-state index contributed by atoms with van der Waals surface area (Å²) < 4.78 is 5.62. The van der Waals surface area contributed by atoms with Crippen LogP contribution in [-0.4, -0.2) is 16.3 Å². The summed E-state index contributed by atoms with van der Waals surface area (Å²) in [5, 5.41) is 6.61. The fourth-order valence-electron chi connectivity index (χ4n) is 1.54. The quantitative estimate of drug-likeness (QED) is 0.830. The number of rotatable bonds is 3. The summed E-state index contributed by atoms with van der Waals surface area (Å²) in [5.74, 6) is 1.41. The Bertz CT molecular complexity index is 477. The van der Waals surface area contributed by atoms with Gasteiger partial charge >= 0.3 is 0 Å². The standard InChI is InChI=1S/C12H15N3O/c1-8(2)16-10-5-3-4-9(6-10)11-7-14-15-12(11)13/h3-8H,1-2H3,(H3,13,14,15). The van der Waals surface area contributed by atoms with E-state index in [0.717, 1.165) is 16.9 Å². The topological polar surface area (TPSA) is 63.9 Å². The highest BCUT2D eigenvalue weighted by Crippen LogP contribution is 2.27. The van der Waals surface area contributed by atoms with Crippen LogP contribution in [0.1, 0.15) is 13.8 Å². The smallest absolute Gasteiger partial charge is 0.126 e. The summed E-state index contributed by atoms with van der Waals surface area (Å²) in [7, 11) is 0. The van der Waals surface area contributed by atoms with Crippen molar-refractivity contribution in [1.29, 1.82) is 0 Å². The maximum Gasteiger partial charge on any atom is 0.126 e. The van der Waals surface area contributed by atoms with Gasteiger partial charge in [-0.05, 0) is 31.5 Å². The Kier molecular flexibility index (Phi) is 2.81. The van der Waals surface area contributed by atoms with Crippen LogP contribution < -0.4 is 10.5 Å². The lowest BCUT2D eigenvalue weighted by molar-refractivity contribution is 0.242. The number of hydrogen-bond acceptors (Lipinski definition) is 3. The van der Waals surface area contributed by atoms with E-state index in [2.05, 4.69) is 10.2 Å². The van der Waals surface area contributed by atoms with Gasteiger partial charge in [0.15, 0.2) is 0 Å². The summed E-state index contributed by atoms with van der Waals surface area (Å²) in [6.45, 7) is 4.00. The number of nitrogens with two attached hydrogens (primary N) is 1. The van der Waals surface area contributed by atoms with Crippen molar-refractivity contribution < 1.29 is 4.74 Å². The lowest BCUT2D eigenvalue weighted by Gasteiger charge is -2.10. The molecule has 0 unspecified atom stereocenters. The average molecular weight is 217 g/mol. The zero-order valence-electron chi connectivity index (χ0n) is 9.40. The maximum absolute atomic E-state index is 5.77. The van der Waals surface area contributed by atoms with Crippen molar-refractivity contribution in [2.45, 2.75) is 20.0 Å². The van der Waals surface area contributed by atoms with Crippen LogP contribution in [0.5, 0.6) is 5.75 Å². The molecule has 0 aliphatic rings. The zero-order chi connectivity index (χ0) is 11.5. The first kappa shape index (κ1) is 10.5. The van der Waals surface area contributed by atoms with Gasteiger partial charge in [-0.3, -0.25) is 5.10 Å². The van der Waals surface area contributed by atoms with Gasteiger partial charge < -0.3 is 10.5 Å². The molecule has 4 nitrogen and oxygen atoms in total. The van der Waals surface area contributed by atoms with Gasteiger partial charge in [-0.15, -0.1) is 0 Å². The van der Waals surface area contributed by atoms with E-state index in [1.165, 1.54) is 0 Å². The molecule has 0 radical (unpaired) electrons. The van der Waals surface area contributed by atoms with Gasteiger partial charge in [0.2, 0.25) is 0 Å². The number of ether oxygens (including phenoxy) is 1. The van der Waals surface area contributed by atoms with Crippen molar-refractivity contribution in [2.24, 2.45) is 0 Å². The fraction of sp³-hybridized carbons (Fsp3) is 0.250. The molecule has 3 N–H and O–H groups in total. The number of nitrogens with zero attached hydrogens (tertiary/aromatic N) is 1. The molecule has 0 amide bonds. The highest BCUT2D eigenvalue weighted by atomic mass is 16.5. The van der Waals surface area contributed by atoms with Crippen molar-refractivity contribution in [3.63, 3.8) is 0 Å². The van der Waals surface area contributed by atoms with Gasteiger partial charge in [0.25, 0.3) is 0 Å². The second-order valence-electron chi connectivity index (χ2n) is 3.89. The van der Waals surface area contributed by atoms with Crippen molar-refractivity contribution >= 4 is 5.82 Å². The lowest BCUT2D eigenvalue weighted by Crippen LogP contribution is -2.05. The molecule has 0 aliphatic heterocycles. The summed E-state index contributed by atoms with van der Waals surface area (Å²) in [6, 6.07) is 7.81. The Morgan fingerprint density at radius 2 is 2.19 bits per heavy atom. The number of aromatic amines is 1. The molecule has 0 aliphatic carbocycles. The lowest BCUT2D eigenvalue weighted by atomic mass is 10.1. The number of hydrogen-bond donors (Lipinski definition) is 2. The molecule has 16 heavy (non-hydrogen) atoms. The third-order valence-electron chi connectivity index (χ3n) is 2.19. The van der Waals surface area contributed by atoms with E-state index in [4.69, 9.17) is 10.5 Å². The molecule has 0 saturated heterocycles. The van der Waals surface area contributed by atoms with Crippen LogP contribution in [0.2, 0.25) is 0 Å². The van der Waals surface area contributed by atoms with E-state index in [1.807, 2.05) is 38.1 Å². The molecule has 2 rings (SSSR count). The molecule has 1 aromatic heterocycles. The van der Waals surface area contributed by atoms with Gasteiger partial charge in [-0.2, -0.15) is 5.10 Å². The molecule has 0 saturated carbocycles. The molecule has 4 heteroatoms. The Labute approximate surface area is 94.4 Å². The number of anilines is 1. The molecule has 0 fully saturated rings. The third kappa shape index (κ3) is 2.16. The number of nitrogen functional groups attached to an aromatic ring is 1. The molecule has 84 valence electrons. The minimum atomic E-state index is 0.164.